The monoisotopic (exact) mass is 279 g/mol. The molecule has 0 bridgehead atoms. The van der Waals surface area contributed by atoms with E-state index >= 15 is 0 Å². The zero-order valence-corrected chi connectivity index (χ0v) is 12.8. The molecule has 1 aliphatic heterocycles. The summed E-state index contributed by atoms with van der Waals surface area (Å²) in [6, 6.07) is 8.87. The van der Waals surface area contributed by atoms with Crippen LogP contribution >= 0.6 is 11.8 Å². The summed E-state index contributed by atoms with van der Waals surface area (Å²) in [4.78, 5) is 0. The molecule has 3 heteroatoms. The molecule has 2 nitrogen and oxygen atoms in total. The zero-order valence-electron chi connectivity index (χ0n) is 12.0. The number of rotatable bonds is 7. The predicted octanol–water partition coefficient (Wildman–Crippen LogP) is 3.88. The van der Waals surface area contributed by atoms with Crippen LogP contribution in [0.2, 0.25) is 0 Å². The number of fused-ring (bicyclic) bond motifs is 1. The van der Waals surface area contributed by atoms with Gasteiger partial charge in [-0.15, -0.1) is 0 Å². The number of benzene rings is 1. The van der Waals surface area contributed by atoms with Crippen molar-refractivity contribution in [3.63, 3.8) is 0 Å². The summed E-state index contributed by atoms with van der Waals surface area (Å²) in [7, 11) is 0. The van der Waals surface area contributed by atoms with E-state index in [0.29, 0.717) is 12.0 Å². The normalized spacial score (nSPS) is 21.8. The van der Waals surface area contributed by atoms with Crippen molar-refractivity contribution in [3.8, 4) is 5.75 Å². The SMILES string of the molecule is CSCCCCCNC1c2ccccc2OCC1C. The summed E-state index contributed by atoms with van der Waals surface area (Å²) in [5, 5.41) is 3.72. The first-order valence-electron chi connectivity index (χ1n) is 7.27. The van der Waals surface area contributed by atoms with Crippen LogP contribution in [-0.2, 0) is 0 Å². The number of hydrogen-bond acceptors (Lipinski definition) is 3. The number of nitrogens with one attached hydrogen (secondary N) is 1. The van der Waals surface area contributed by atoms with Crippen molar-refractivity contribution < 1.29 is 4.74 Å². The largest absolute Gasteiger partial charge is 0.493 e. The van der Waals surface area contributed by atoms with Gasteiger partial charge in [0.2, 0.25) is 0 Å². The zero-order chi connectivity index (χ0) is 13.5. The molecule has 106 valence electrons. The van der Waals surface area contributed by atoms with Crippen molar-refractivity contribution >= 4 is 11.8 Å². The Hall–Kier alpha value is -0.670. The van der Waals surface area contributed by atoms with Gasteiger partial charge >= 0.3 is 0 Å². The van der Waals surface area contributed by atoms with Crippen molar-refractivity contribution in [1.29, 1.82) is 0 Å². The van der Waals surface area contributed by atoms with Gasteiger partial charge < -0.3 is 10.1 Å². The molecule has 0 saturated carbocycles. The van der Waals surface area contributed by atoms with E-state index in [0.717, 1.165) is 18.9 Å². The molecule has 19 heavy (non-hydrogen) atoms. The Labute approximate surface area is 121 Å². The van der Waals surface area contributed by atoms with Gasteiger partial charge in [0.25, 0.3) is 0 Å². The van der Waals surface area contributed by atoms with E-state index in [-0.39, 0.29) is 0 Å². The van der Waals surface area contributed by atoms with Gasteiger partial charge in [-0.2, -0.15) is 11.8 Å². The van der Waals surface area contributed by atoms with Gasteiger partial charge in [-0.05, 0) is 37.5 Å². The minimum atomic E-state index is 0.450. The van der Waals surface area contributed by atoms with E-state index < -0.39 is 0 Å². The highest BCUT2D eigenvalue weighted by Crippen LogP contribution is 2.34. The van der Waals surface area contributed by atoms with Crippen molar-refractivity contribution in [1.82, 2.24) is 5.32 Å². The second-order valence-corrected chi connectivity index (χ2v) is 6.30. The number of unbranched alkanes of at least 4 members (excludes halogenated alkanes) is 2. The first-order chi connectivity index (χ1) is 9.33. The number of para-hydroxylation sites is 1. The van der Waals surface area contributed by atoms with Crippen LogP contribution in [0.15, 0.2) is 24.3 Å². The van der Waals surface area contributed by atoms with E-state index in [1.807, 2.05) is 17.8 Å². The topological polar surface area (TPSA) is 21.3 Å². The number of ether oxygens (including phenoxy) is 1. The minimum Gasteiger partial charge on any atom is -0.493 e. The summed E-state index contributed by atoms with van der Waals surface area (Å²) in [5.41, 5.74) is 1.32. The third-order valence-corrected chi connectivity index (χ3v) is 4.41. The van der Waals surface area contributed by atoms with E-state index in [2.05, 4.69) is 36.7 Å². The lowest BCUT2D eigenvalue weighted by Gasteiger charge is -2.32. The van der Waals surface area contributed by atoms with Crippen LogP contribution in [0.25, 0.3) is 0 Å². The molecule has 0 spiro atoms. The first kappa shape index (κ1) is 14.7. The van der Waals surface area contributed by atoms with Gasteiger partial charge in [0.15, 0.2) is 0 Å². The van der Waals surface area contributed by atoms with Crippen LogP contribution in [-0.4, -0.2) is 25.2 Å². The first-order valence-corrected chi connectivity index (χ1v) is 8.66. The van der Waals surface area contributed by atoms with Gasteiger partial charge in [-0.25, -0.2) is 0 Å². The fraction of sp³-hybridized carbons (Fsp3) is 0.625. The second kappa shape index (κ2) is 7.81. The number of thioether (sulfide) groups is 1. The van der Waals surface area contributed by atoms with E-state index in [1.54, 1.807) is 0 Å². The molecule has 1 aromatic carbocycles. The summed E-state index contributed by atoms with van der Waals surface area (Å²) in [6.45, 7) is 4.19. The molecule has 2 atom stereocenters. The van der Waals surface area contributed by atoms with Crippen LogP contribution in [0.4, 0.5) is 0 Å². The Bertz CT molecular complexity index is 383. The molecule has 0 fully saturated rings. The van der Waals surface area contributed by atoms with Crippen molar-refractivity contribution in [2.45, 2.75) is 32.2 Å². The van der Waals surface area contributed by atoms with Gasteiger partial charge in [0.05, 0.1) is 6.61 Å². The Morgan fingerprint density at radius 1 is 1.26 bits per heavy atom. The van der Waals surface area contributed by atoms with Gasteiger partial charge in [-0.1, -0.05) is 31.5 Å². The Morgan fingerprint density at radius 2 is 2.11 bits per heavy atom. The van der Waals surface area contributed by atoms with Crippen LogP contribution in [0.3, 0.4) is 0 Å². The predicted molar refractivity (Wildman–Crippen MR) is 84.1 cm³/mol. The molecule has 0 radical (unpaired) electrons. The van der Waals surface area contributed by atoms with Crippen molar-refractivity contribution in [2.24, 2.45) is 5.92 Å². The molecule has 2 unspecified atom stereocenters. The Morgan fingerprint density at radius 3 is 2.95 bits per heavy atom. The number of hydrogen-bond donors (Lipinski definition) is 1. The van der Waals surface area contributed by atoms with E-state index in [1.165, 1.54) is 30.6 Å². The Kier molecular flexibility index (Phi) is 6.05. The maximum Gasteiger partial charge on any atom is 0.124 e. The molecule has 0 aliphatic carbocycles. The molecule has 0 aromatic heterocycles. The highest BCUT2D eigenvalue weighted by atomic mass is 32.2. The molecule has 0 amide bonds. The van der Waals surface area contributed by atoms with Gasteiger partial charge in [-0.3, -0.25) is 0 Å². The molecular weight excluding hydrogens is 254 g/mol. The van der Waals surface area contributed by atoms with Crippen LogP contribution < -0.4 is 10.1 Å². The molecule has 1 aliphatic rings. The maximum atomic E-state index is 5.78. The van der Waals surface area contributed by atoms with Crippen molar-refractivity contribution in [3.05, 3.63) is 29.8 Å². The minimum absolute atomic E-state index is 0.450. The molecule has 0 saturated heterocycles. The third kappa shape index (κ3) is 4.15. The Balaban J connectivity index is 1.82. The highest BCUT2D eigenvalue weighted by molar-refractivity contribution is 7.98. The molecule has 1 aromatic rings. The smallest absolute Gasteiger partial charge is 0.124 e. The highest BCUT2D eigenvalue weighted by Gasteiger charge is 2.26. The standard InChI is InChI=1S/C16H25NOS/c1-13-12-18-15-9-5-4-8-14(15)16(13)17-10-6-3-7-11-19-2/h4-5,8-9,13,16-17H,3,6-7,10-12H2,1-2H3. The van der Waals surface area contributed by atoms with E-state index in [4.69, 9.17) is 4.74 Å². The summed E-state index contributed by atoms with van der Waals surface area (Å²) in [5.74, 6) is 2.89. The molecular formula is C16H25NOS. The lowest BCUT2D eigenvalue weighted by atomic mass is 9.92. The van der Waals surface area contributed by atoms with Crippen LogP contribution in [0.1, 0.15) is 37.8 Å². The van der Waals surface area contributed by atoms with Gasteiger partial charge in [0, 0.05) is 17.5 Å². The average Bonchev–Trinajstić information content (AvgIpc) is 2.44. The molecule has 2 rings (SSSR count). The summed E-state index contributed by atoms with van der Waals surface area (Å²) in [6.07, 6.45) is 6.11. The quantitative estimate of drug-likeness (QED) is 0.765. The van der Waals surface area contributed by atoms with Crippen molar-refractivity contribution in [2.75, 3.05) is 25.2 Å². The lowest BCUT2D eigenvalue weighted by molar-refractivity contribution is 0.188. The molecule has 1 N–H and O–H groups in total. The maximum absolute atomic E-state index is 5.78. The lowest BCUT2D eigenvalue weighted by Crippen LogP contribution is -2.34. The van der Waals surface area contributed by atoms with Gasteiger partial charge in [0.1, 0.15) is 5.75 Å². The van der Waals surface area contributed by atoms with E-state index in [9.17, 15) is 0 Å². The van der Waals surface area contributed by atoms with Crippen LogP contribution in [0.5, 0.6) is 5.75 Å². The fourth-order valence-electron chi connectivity index (χ4n) is 2.61. The summed E-state index contributed by atoms with van der Waals surface area (Å²) < 4.78 is 5.78. The fourth-order valence-corrected chi connectivity index (χ4v) is 3.10. The molecule has 1 heterocycles. The van der Waals surface area contributed by atoms with Crippen LogP contribution in [0, 0.1) is 5.92 Å². The average molecular weight is 279 g/mol. The second-order valence-electron chi connectivity index (χ2n) is 5.31. The third-order valence-electron chi connectivity index (χ3n) is 3.71. The summed E-state index contributed by atoms with van der Waals surface area (Å²) >= 11 is 1.94.